The van der Waals surface area contributed by atoms with Gasteiger partial charge in [-0.3, -0.25) is 0 Å². The van der Waals surface area contributed by atoms with Crippen molar-refractivity contribution in [2.75, 3.05) is 13.7 Å². The Morgan fingerprint density at radius 1 is 1.54 bits per heavy atom. The molecule has 0 saturated carbocycles. The van der Waals surface area contributed by atoms with Crippen molar-refractivity contribution in [3.63, 3.8) is 0 Å². The zero-order valence-electron chi connectivity index (χ0n) is 7.46. The van der Waals surface area contributed by atoms with Crippen molar-refractivity contribution in [3.05, 3.63) is 35.7 Å². The molecule has 1 aromatic carbocycles. The summed E-state index contributed by atoms with van der Waals surface area (Å²) in [7, 11) is 1.55. The van der Waals surface area contributed by atoms with Gasteiger partial charge < -0.3 is 10.5 Å². The van der Waals surface area contributed by atoms with Crippen LogP contribution in [0.25, 0.3) is 6.08 Å². The van der Waals surface area contributed by atoms with E-state index in [1.54, 1.807) is 31.4 Å². The third-order valence-corrected chi connectivity index (χ3v) is 1.64. The summed E-state index contributed by atoms with van der Waals surface area (Å²) in [5, 5.41) is 0. The van der Waals surface area contributed by atoms with E-state index in [0.717, 1.165) is 0 Å². The maximum absolute atomic E-state index is 13.1. The molecule has 0 radical (unpaired) electrons. The third-order valence-electron chi connectivity index (χ3n) is 1.64. The number of nitrogens with two attached hydrogens (primary N) is 1. The molecule has 0 aliphatic carbocycles. The van der Waals surface area contributed by atoms with E-state index >= 15 is 0 Å². The van der Waals surface area contributed by atoms with Gasteiger partial charge in [-0.05, 0) is 18.2 Å². The monoisotopic (exact) mass is 181 g/mol. The molecule has 0 aliphatic rings. The number of hydrogen-bond donors (Lipinski definition) is 1. The van der Waals surface area contributed by atoms with E-state index < -0.39 is 0 Å². The molecule has 0 unspecified atom stereocenters. The normalized spacial score (nSPS) is 10.7. The summed E-state index contributed by atoms with van der Waals surface area (Å²) in [5.41, 5.74) is 5.75. The smallest absolute Gasteiger partial charge is 0.130 e. The summed E-state index contributed by atoms with van der Waals surface area (Å²) in [4.78, 5) is 0. The largest absolute Gasteiger partial charge is 0.497 e. The van der Waals surface area contributed by atoms with E-state index in [0.29, 0.717) is 17.9 Å². The molecule has 0 atom stereocenters. The quantitative estimate of drug-likeness (QED) is 0.771. The Morgan fingerprint density at radius 3 is 2.92 bits per heavy atom. The second-order valence-corrected chi connectivity index (χ2v) is 2.53. The standard InChI is InChI=1S/C10H12FNO/c1-13-9-4-5-10(11)8(7-9)3-2-6-12/h2-5,7H,6,12H2,1H3/b3-2-. The molecule has 0 aliphatic heterocycles. The van der Waals surface area contributed by atoms with Gasteiger partial charge in [-0.25, -0.2) is 4.39 Å². The van der Waals surface area contributed by atoms with E-state index in [-0.39, 0.29) is 5.82 Å². The minimum atomic E-state index is -0.273. The lowest BCUT2D eigenvalue weighted by atomic mass is 10.2. The molecule has 2 N–H and O–H groups in total. The first-order valence-electron chi connectivity index (χ1n) is 3.98. The molecular weight excluding hydrogens is 169 g/mol. The zero-order chi connectivity index (χ0) is 9.68. The van der Waals surface area contributed by atoms with Crippen molar-refractivity contribution in [1.82, 2.24) is 0 Å². The third kappa shape index (κ3) is 2.56. The number of benzene rings is 1. The van der Waals surface area contributed by atoms with E-state index in [2.05, 4.69) is 0 Å². The highest BCUT2D eigenvalue weighted by molar-refractivity contribution is 5.52. The van der Waals surface area contributed by atoms with Crippen LogP contribution >= 0.6 is 0 Å². The Balaban J connectivity index is 2.97. The van der Waals surface area contributed by atoms with Gasteiger partial charge in [0.15, 0.2) is 0 Å². The van der Waals surface area contributed by atoms with Gasteiger partial charge in [0.1, 0.15) is 11.6 Å². The molecule has 0 saturated heterocycles. The second kappa shape index (κ2) is 4.62. The molecule has 0 heterocycles. The number of rotatable bonds is 3. The highest BCUT2D eigenvalue weighted by atomic mass is 19.1. The van der Waals surface area contributed by atoms with Gasteiger partial charge in [-0.2, -0.15) is 0 Å². The summed E-state index contributed by atoms with van der Waals surface area (Å²) < 4.78 is 18.0. The second-order valence-electron chi connectivity index (χ2n) is 2.53. The minimum Gasteiger partial charge on any atom is -0.497 e. The van der Waals surface area contributed by atoms with Gasteiger partial charge in [0.2, 0.25) is 0 Å². The molecule has 0 spiro atoms. The van der Waals surface area contributed by atoms with Crippen molar-refractivity contribution in [3.8, 4) is 5.75 Å². The van der Waals surface area contributed by atoms with Gasteiger partial charge in [-0.15, -0.1) is 0 Å². The molecule has 0 bridgehead atoms. The lowest BCUT2D eigenvalue weighted by Gasteiger charge is -2.01. The molecule has 1 rings (SSSR count). The Kier molecular flexibility index (Phi) is 3.46. The first-order valence-corrected chi connectivity index (χ1v) is 3.98. The number of hydrogen-bond acceptors (Lipinski definition) is 2. The van der Waals surface area contributed by atoms with Crippen LogP contribution in [0.3, 0.4) is 0 Å². The van der Waals surface area contributed by atoms with Crippen LogP contribution in [0, 0.1) is 5.82 Å². The topological polar surface area (TPSA) is 35.2 Å². The number of halogens is 1. The number of ether oxygens (including phenoxy) is 1. The molecule has 0 amide bonds. The van der Waals surface area contributed by atoms with Crippen molar-refractivity contribution in [1.29, 1.82) is 0 Å². The molecule has 0 aromatic heterocycles. The SMILES string of the molecule is COc1ccc(F)c(/C=C\CN)c1. The Hall–Kier alpha value is -1.35. The predicted octanol–water partition coefficient (Wildman–Crippen LogP) is 1.81. The summed E-state index contributed by atoms with van der Waals surface area (Å²) in [5.74, 6) is 0.364. The summed E-state index contributed by atoms with van der Waals surface area (Å²) in [6.45, 7) is 0.399. The van der Waals surface area contributed by atoms with E-state index in [9.17, 15) is 4.39 Å². The summed E-state index contributed by atoms with van der Waals surface area (Å²) in [6.07, 6.45) is 3.33. The zero-order valence-corrected chi connectivity index (χ0v) is 7.46. The highest BCUT2D eigenvalue weighted by Gasteiger charge is 1.99. The highest BCUT2D eigenvalue weighted by Crippen LogP contribution is 2.17. The van der Waals surface area contributed by atoms with Crippen LogP contribution in [0.4, 0.5) is 4.39 Å². The van der Waals surface area contributed by atoms with Crippen LogP contribution in [0.1, 0.15) is 5.56 Å². The maximum atomic E-state index is 13.1. The molecular formula is C10H12FNO. The van der Waals surface area contributed by atoms with Crippen molar-refractivity contribution < 1.29 is 9.13 Å². The van der Waals surface area contributed by atoms with Crippen LogP contribution in [-0.4, -0.2) is 13.7 Å². The van der Waals surface area contributed by atoms with Crippen LogP contribution in [0.15, 0.2) is 24.3 Å². The fourth-order valence-corrected chi connectivity index (χ4v) is 0.972. The van der Waals surface area contributed by atoms with Gasteiger partial charge in [0.25, 0.3) is 0 Å². The summed E-state index contributed by atoms with van der Waals surface area (Å²) >= 11 is 0. The fourth-order valence-electron chi connectivity index (χ4n) is 0.972. The van der Waals surface area contributed by atoms with Crippen LogP contribution in [-0.2, 0) is 0 Å². The minimum absolute atomic E-state index is 0.273. The summed E-state index contributed by atoms with van der Waals surface area (Å²) in [6, 6.07) is 4.58. The van der Waals surface area contributed by atoms with Gasteiger partial charge in [-0.1, -0.05) is 12.2 Å². The van der Waals surface area contributed by atoms with Crippen LogP contribution in [0.5, 0.6) is 5.75 Å². The van der Waals surface area contributed by atoms with Gasteiger partial charge in [0, 0.05) is 12.1 Å². The molecule has 1 aromatic rings. The first-order chi connectivity index (χ1) is 6.27. The van der Waals surface area contributed by atoms with Gasteiger partial charge >= 0.3 is 0 Å². The Labute approximate surface area is 76.8 Å². The lowest BCUT2D eigenvalue weighted by molar-refractivity contribution is 0.413. The van der Waals surface area contributed by atoms with Crippen LogP contribution in [0.2, 0.25) is 0 Å². The average molecular weight is 181 g/mol. The van der Waals surface area contributed by atoms with E-state index in [1.165, 1.54) is 6.07 Å². The van der Waals surface area contributed by atoms with Crippen molar-refractivity contribution in [2.45, 2.75) is 0 Å². The van der Waals surface area contributed by atoms with Crippen LogP contribution < -0.4 is 10.5 Å². The first kappa shape index (κ1) is 9.74. The fraction of sp³-hybridized carbons (Fsp3) is 0.200. The maximum Gasteiger partial charge on any atom is 0.130 e. The molecule has 70 valence electrons. The van der Waals surface area contributed by atoms with Gasteiger partial charge in [0.05, 0.1) is 7.11 Å². The lowest BCUT2D eigenvalue weighted by Crippen LogP contribution is -1.93. The Bertz CT molecular complexity index is 310. The molecule has 3 heteroatoms. The van der Waals surface area contributed by atoms with E-state index in [4.69, 9.17) is 10.5 Å². The Morgan fingerprint density at radius 2 is 2.31 bits per heavy atom. The van der Waals surface area contributed by atoms with E-state index in [1.807, 2.05) is 0 Å². The molecule has 0 fully saturated rings. The van der Waals surface area contributed by atoms with Crippen molar-refractivity contribution in [2.24, 2.45) is 5.73 Å². The molecule has 2 nitrogen and oxygen atoms in total. The predicted molar refractivity (Wildman–Crippen MR) is 51.0 cm³/mol. The molecule has 13 heavy (non-hydrogen) atoms. The van der Waals surface area contributed by atoms with Crippen molar-refractivity contribution >= 4 is 6.08 Å². The average Bonchev–Trinajstić information content (AvgIpc) is 2.17. The number of methoxy groups -OCH3 is 1.